The molecule has 0 spiro atoms. The number of benzene rings is 1. The molecular formula is C23H30N4O3S3. The molecule has 1 saturated heterocycles. The van der Waals surface area contributed by atoms with Crippen molar-refractivity contribution in [2.24, 2.45) is 0 Å². The second kappa shape index (κ2) is 10.2. The van der Waals surface area contributed by atoms with E-state index in [1.807, 2.05) is 39.2 Å². The van der Waals surface area contributed by atoms with Crippen LogP contribution in [0, 0.1) is 6.92 Å². The monoisotopic (exact) mass is 506 g/mol. The van der Waals surface area contributed by atoms with Crippen LogP contribution < -0.4 is 4.90 Å². The first-order chi connectivity index (χ1) is 15.8. The summed E-state index contributed by atoms with van der Waals surface area (Å²) in [6, 6.07) is 8.66. The Morgan fingerprint density at radius 2 is 2.00 bits per heavy atom. The number of sulfonamides is 1. The average molecular weight is 507 g/mol. The molecular weight excluding hydrogens is 476 g/mol. The third-order valence-corrected chi connectivity index (χ3v) is 10.2. The van der Waals surface area contributed by atoms with Crippen LogP contribution in [-0.2, 0) is 14.8 Å². The van der Waals surface area contributed by atoms with Gasteiger partial charge in [0.1, 0.15) is 10.3 Å². The van der Waals surface area contributed by atoms with Gasteiger partial charge in [0.2, 0.25) is 5.91 Å². The topological polar surface area (TPSA) is 73.8 Å². The molecule has 0 N–H and O–H groups in total. The van der Waals surface area contributed by atoms with E-state index < -0.39 is 16.1 Å². The average Bonchev–Trinajstić information content (AvgIpc) is 3.47. The summed E-state index contributed by atoms with van der Waals surface area (Å²) in [7, 11) is 0.293. The number of amides is 1. The van der Waals surface area contributed by atoms with Gasteiger partial charge >= 0.3 is 0 Å². The Balaban J connectivity index is 1.68. The van der Waals surface area contributed by atoms with Crippen molar-refractivity contribution in [2.75, 3.05) is 38.6 Å². The summed E-state index contributed by atoms with van der Waals surface area (Å²) in [5, 5.41) is 2.40. The van der Waals surface area contributed by atoms with Gasteiger partial charge < -0.3 is 4.90 Å². The quantitative estimate of drug-likeness (QED) is 0.458. The van der Waals surface area contributed by atoms with Crippen molar-refractivity contribution < 1.29 is 13.2 Å². The van der Waals surface area contributed by atoms with E-state index in [1.54, 1.807) is 22.4 Å². The molecule has 33 heavy (non-hydrogen) atoms. The molecule has 4 rings (SSSR count). The maximum atomic E-state index is 13.9. The largest absolute Gasteiger partial charge is 0.309 e. The molecule has 1 aliphatic rings. The van der Waals surface area contributed by atoms with Gasteiger partial charge in [-0.1, -0.05) is 36.0 Å². The number of aryl methyl sites for hydroxylation is 1. The van der Waals surface area contributed by atoms with Gasteiger partial charge in [-0.25, -0.2) is 13.4 Å². The van der Waals surface area contributed by atoms with Gasteiger partial charge in [-0.15, -0.1) is 11.3 Å². The van der Waals surface area contributed by atoms with Gasteiger partial charge in [-0.2, -0.15) is 4.31 Å². The summed E-state index contributed by atoms with van der Waals surface area (Å²) < 4.78 is 29.5. The molecule has 1 unspecified atom stereocenters. The number of hydrogen-bond donors (Lipinski definition) is 0. The molecule has 1 amide bonds. The van der Waals surface area contributed by atoms with E-state index in [-0.39, 0.29) is 10.1 Å². The van der Waals surface area contributed by atoms with Crippen LogP contribution in [0.3, 0.4) is 0 Å². The number of para-hydroxylation sites is 1. The fourth-order valence-corrected chi connectivity index (χ4v) is 8.03. The zero-order valence-corrected chi connectivity index (χ0v) is 21.7. The first-order valence-corrected chi connectivity index (χ1v) is 14.3. The Morgan fingerprint density at radius 1 is 1.18 bits per heavy atom. The van der Waals surface area contributed by atoms with E-state index in [9.17, 15) is 13.2 Å². The lowest BCUT2D eigenvalue weighted by Gasteiger charge is -2.36. The SMILES string of the molecule is Cc1cccc2sc(N(CCCN(C)C)C(=O)C3CCCCN3S(=O)(=O)c3cccs3)nc12. The highest BCUT2D eigenvalue weighted by Crippen LogP contribution is 2.34. The lowest BCUT2D eigenvalue weighted by atomic mass is 10.0. The van der Waals surface area contributed by atoms with Crippen LogP contribution in [0.5, 0.6) is 0 Å². The number of aromatic nitrogens is 1. The zero-order valence-electron chi connectivity index (χ0n) is 19.2. The zero-order chi connectivity index (χ0) is 23.6. The predicted molar refractivity (Wildman–Crippen MR) is 136 cm³/mol. The van der Waals surface area contributed by atoms with Crippen LogP contribution in [0.1, 0.15) is 31.2 Å². The van der Waals surface area contributed by atoms with Gasteiger partial charge in [0.15, 0.2) is 5.13 Å². The van der Waals surface area contributed by atoms with E-state index in [0.29, 0.717) is 24.6 Å². The first kappa shape index (κ1) is 24.3. The second-order valence-electron chi connectivity index (χ2n) is 8.62. The van der Waals surface area contributed by atoms with Crippen molar-refractivity contribution in [2.45, 2.75) is 42.9 Å². The third kappa shape index (κ3) is 5.14. The number of carbonyl (C=O) groups excluding carboxylic acids is 1. The molecule has 1 aromatic carbocycles. The van der Waals surface area contributed by atoms with Crippen molar-refractivity contribution in [3.8, 4) is 0 Å². The van der Waals surface area contributed by atoms with Crippen LogP contribution in [0.15, 0.2) is 39.9 Å². The minimum absolute atomic E-state index is 0.176. The number of thiophene rings is 1. The maximum absolute atomic E-state index is 13.9. The summed E-state index contributed by atoms with van der Waals surface area (Å²) in [5.74, 6) is -0.176. The third-order valence-electron chi connectivity index (χ3n) is 5.89. The molecule has 3 aromatic rings. The number of piperidine rings is 1. The van der Waals surface area contributed by atoms with E-state index in [4.69, 9.17) is 4.98 Å². The number of anilines is 1. The molecule has 0 bridgehead atoms. The summed E-state index contributed by atoms with van der Waals surface area (Å²) >= 11 is 2.69. The van der Waals surface area contributed by atoms with Gasteiger partial charge in [0.25, 0.3) is 10.0 Å². The summed E-state index contributed by atoms with van der Waals surface area (Å²) in [6.07, 6.45) is 2.89. The number of rotatable bonds is 8. The molecule has 10 heteroatoms. The van der Waals surface area contributed by atoms with Crippen molar-refractivity contribution >= 4 is 54.0 Å². The predicted octanol–water partition coefficient (Wildman–Crippen LogP) is 4.19. The highest BCUT2D eigenvalue weighted by molar-refractivity contribution is 7.91. The second-order valence-corrected chi connectivity index (χ2v) is 12.7. The summed E-state index contributed by atoms with van der Waals surface area (Å²) in [5.41, 5.74) is 1.96. The Labute approximate surface area is 203 Å². The smallest absolute Gasteiger partial charge is 0.253 e. The number of nitrogens with zero attached hydrogens (tertiary/aromatic N) is 4. The van der Waals surface area contributed by atoms with Crippen LogP contribution in [0.4, 0.5) is 5.13 Å². The maximum Gasteiger partial charge on any atom is 0.253 e. The summed E-state index contributed by atoms with van der Waals surface area (Å²) in [4.78, 5) is 22.6. The summed E-state index contributed by atoms with van der Waals surface area (Å²) in [6.45, 7) is 3.70. The Hall–Kier alpha value is -1.85. The Bertz CT molecular complexity index is 1210. The van der Waals surface area contributed by atoms with E-state index in [2.05, 4.69) is 4.90 Å². The van der Waals surface area contributed by atoms with Crippen molar-refractivity contribution in [3.63, 3.8) is 0 Å². The van der Waals surface area contributed by atoms with Gasteiger partial charge in [0.05, 0.1) is 10.2 Å². The molecule has 178 valence electrons. The van der Waals surface area contributed by atoms with Crippen LogP contribution >= 0.6 is 22.7 Å². The molecule has 1 aliphatic heterocycles. The standard InChI is InChI=1S/C23H30N4O3S3/c1-17-9-6-11-19-21(17)24-23(32-19)26(14-8-13-25(2)3)22(28)18-10-4-5-15-27(18)33(29,30)20-12-7-16-31-20/h6-7,9,11-12,16,18H,4-5,8,10,13-15H2,1-3H3. The van der Waals surface area contributed by atoms with Crippen LogP contribution in [-0.4, -0.2) is 68.3 Å². The van der Waals surface area contributed by atoms with E-state index >= 15 is 0 Å². The van der Waals surface area contributed by atoms with Crippen molar-refractivity contribution in [3.05, 3.63) is 41.3 Å². The Kier molecular flexibility index (Phi) is 7.49. The molecule has 2 aromatic heterocycles. The first-order valence-electron chi connectivity index (χ1n) is 11.2. The highest BCUT2D eigenvalue weighted by atomic mass is 32.2. The molecule has 3 heterocycles. The van der Waals surface area contributed by atoms with E-state index in [0.717, 1.165) is 41.6 Å². The molecule has 0 radical (unpaired) electrons. The van der Waals surface area contributed by atoms with E-state index in [1.165, 1.54) is 27.0 Å². The molecule has 0 aliphatic carbocycles. The normalized spacial score (nSPS) is 17.6. The molecule has 0 saturated carbocycles. The highest BCUT2D eigenvalue weighted by Gasteiger charge is 2.40. The van der Waals surface area contributed by atoms with Crippen molar-refractivity contribution in [1.29, 1.82) is 0 Å². The number of carbonyl (C=O) groups is 1. The minimum atomic E-state index is -3.71. The number of thiazole rings is 1. The number of fused-ring (bicyclic) bond motifs is 1. The lowest BCUT2D eigenvalue weighted by molar-refractivity contribution is -0.123. The Morgan fingerprint density at radius 3 is 2.70 bits per heavy atom. The molecule has 7 nitrogen and oxygen atoms in total. The van der Waals surface area contributed by atoms with Gasteiger partial charge in [-0.3, -0.25) is 9.69 Å². The minimum Gasteiger partial charge on any atom is -0.309 e. The number of hydrogen-bond acceptors (Lipinski definition) is 7. The van der Waals surface area contributed by atoms with Gasteiger partial charge in [0, 0.05) is 13.1 Å². The van der Waals surface area contributed by atoms with Gasteiger partial charge in [-0.05, 0) is 69.9 Å². The fourth-order valence-electron chi connectivity index (χ4n) is 4.18. The van der Waals surface area contributed by atoms with Crippen LogP contribution in [0.25, 0.3) is 10.2 Å². The fraction of sp³-hybridized carbons (Fsp3) is 0.478. The van der Waals surface area contributed by atoms with Crippen molar-refractivity contribution in [1.82, 2.24) is 14.2 Å². The molecule has 1 fully saturated rings. The van der Waals surface area contributed by atoms with Crippen LogP contribution in [0.2, 0.25) is 0 Å². The lowest BCUT2D eigenvalue weighted by Crippen LogP contribution is -2.53. The molecule has 1 atom stereocenters.